The Balaban J connectivity index is 2.09. The molecule has 0 amide bonds. The molecule has 20 heavy (non-hydrogen) atoms. The number of nitrogens with one attached hydrogen (secondary N) is 1. The smallest absolute Gasteiger partial charge is 0.345 e. The van der Waals surface area contributed by atoms with E-state index in [-0.39, 0.29) is 0 Å². The van der Waals surface area contributed by atoms with Crippen molar-refractivity contribution in [2.24, 2.45) is 0 Å². The fraction of sp³-hybridized carbons (Fsp3) is 0.267. The fourth-order valence-electron chi connectivity index (χ4n) is 1.89. The number of anilines is 2. The summed E-state index contributed by atoms with van der Waals surface area (Å²) in [6, 6.07) is 9.86. The van der Waals surface area contributed by atoms with Crippen molar-refractivity contribution < 1.29 is 9.90 Å². The van der Waals surface area contributed by atoms with Crippen LogP contribution in [0.5, 0.6) is 0 Å². The van der Waals surface area contributed by atoms with Crippen LogP contribution in [0.1, 0.15) is 20.1 Å². The number of carboxylic acid groups (broad SMARTS) is 1. The zero-order chi connectivity index (χ0) is 14.7. The van der Waals surface area contributed by atoms with Gasteiger partial charge in [0.25, 0.3) is 0 Å². The zero-order valence-corrected chi connectivity index (χ0v) is 12.6. The highest BCUT2D eigenvalue weighted by Gasteiger charge is 2.10. The van der Waals surface area contributed by atoms with Crippen LogP contribution < -0.4 is 10.2 Å². The summed E-state index contributed by atoms with van der Waals surface area (Å²) in [5, 5.41) is 12.3. The molecule has 2 rings (SSSR count). The standard InChI is InChI=1S/C15H18N2O2S/c1-10-11(7-14(20-10)15(18)19)9-16-12-5-4-6-13(8-12)17(2)3/h4-8,16H,9H2,1-3H3,(H,18,19). The summed E-state index contributed by atoms with van der Waals surface area (Å²) in [6.45, 7) is 2.58. The van der Waals surface area contributed by atoms with Gasteiger partial charge in [-0.1, -0.05) is 6.07 Å². The van der Waals surface area contributed by atoms with E-state index in [1.807, 2.05) is 44.1 Å². The van der Waals surface area contributed by atoms with E-state index in [2.05, 4.69) is 11.4 Å². The first kappa shape index (κ1) is 14.4. The second-order valence-corrected chi connectivity index (χ2v) is 6.05. The number of aromatic carboxylic acids is 1. The number of hydrogen-bond donors (Lipinski definition) is 2. The lowest BCUT2D eigenvalue weighted by Gasteiger charge is -2.14. The number of carbonyl (C=O) groups is 1. The van der Waals surface area contributed by atoms with Crippen LogP contribution in [0.4, 0.5) is 11.4 Å². The predicted molar refractivity (Wildman–Crippen MR) is 84.1 cm³/mol. The lowest BCUT2D eigenvalue weighted by molar-refractivity contribution is 0.0702. The molecule has 0 aliphatic rings. The van der Waals surface area contributed by atoms with Gasteiger partial charge in [-0.2, -0.15) is 0 Å². The summed E-state index contributed by atoms with van der Waals surface area (Å²) in [4.78, 5) is 14.4. The van der Waals surface area contributed by atoms with E-state index in [0.717, 1.165) is 21.8 Å². The van der Waals surface area contributed by atoms with Gasteiger partial charge < -0.3 is 15.3 Å². The molecule has 5 heteroatoms. The first-order chi connectivity index (χ1) is 9.47. The molecule has 0 fully saturated rings. The Hall–Kier alpha value is -2.01. The molecular weight excluding hydrogens is 272 g/mol. The van der Waals surface area contributed by atoms with Crippen LogP contribution in [0, 0.1) is 6.92 Å². The Morgan fingerprint density at radius 2 is 2.10 bits per heavy atom. The van der Waals surface area contributed by atoms with E-state index >= 15 is 0 Å². The van der Waals surface area contributed by atoms with Gasteiger partial charge in [-0.3, -0.25) is 0 Å². The van der Waals surface area contributed by atoms with Crippen LogP contribution in [0.2, 0.25) is 0 Å². The van der Waals surface area contributed by atoms with Crippen molar-refractivity contribution in [1.82, 2.24) is 0 Å². The van der Waals surface area contributed by atoms with Crippen molar-refractivity contribution in [3.05, 3.63) is 45.6 Å². The quantitative estimate of drug-likeness (QED) is 0.886. The van der Waals surface area contributed by atoms with E-state index in [1.54, 1.807) is 6.07 Å². The van der Waals surface area contributed by atoms with Gasteiger partial charge in [0.05, 0.1) is 0 Å². The van der Waals surface area contributed by atoms with Crippen LogP contribution in [0.15, 0.2) is 30.3 Å². The molecule has 106 valence electrons. The molecule has 4 nitrogen and oxygen atoms in total. The Morgan fingerprint density at radius 1 is 1.35 bits per heavy atom. The SMILES string of the molecule is Cc1sc(C(=O)O)cc1CNc1cccc(N(C)C)c1. The summed E-state index contributed by atoms with van der Waals surface area (Å²) < 4.78 is 0. The molecule has 2 aromatic rings. The summed E-state index contributed by atoms with van der Waals surface area (Å²) in [6.07, 6.45) is 0. The molecule has 2 N–H and O–H groups in total. The van der Waals surface area contributed by atoms with Crippen molar-refractivity contribution in [1.29, 1.82) is 0 Å². The maximum absolute atomic E-state index is 10.9. The minimum atomic E-state index is -0.862. The molecule has 1 aromatic heterocycles. The molecule has 0 bridgehead atoms. The third kappa shape index (κ3) is 3.30. The lowest BCUT2D eigenvalue weighted by Crippen LogP contribution is -2.09. The van der Waals surface area contributed by atoms with Gasteiger partial charge in [-0.25, -0.2) is 4.79 Å². The highest BCUT2D eigenvalue weighted by Crippen LogP contribution is 2.23. The summed E-state index contributed by atoms with van der Waals surface area (Å²) in [5.74, 6) is -0.862. The van der Waals surface area contributed by atoms with E-state index in [1.165, 1.54) is 11.3 Å². The van der Waals surface area contributed by atoms with Crippen molar-refractivity contribution >= 4 is 28.7 Å². The Kier molecular flexibility index (Phi) is 4.29. The number of thiophene rings is 1. The van der Waals surface area contributed by atoms with E-state index in [4.69, 9.17) is 5.11 Å². The molecule has 0 saturated carbocycles. The lowest BCUT2D eigenvalue weighted by atomic mass is 10.2. The first-order valence-electron chi connectivity index (χ1n) is 6.31. The number of carboxylic acids is 1. The van der Waals surface area contributed by atoms with Crippen molar-refractivity contribution in [3.8, 4) is 0 Å². The summed E-state index contributed by atoms with van der Waals surface area (Å²) in [5.41, 5.74) is 3.18. The average molecular weight is 290 g/mol. The van der Waals surface area contributed by atoms with Crippen LogP contribution in [0.25, 0.3) is 0 Å². The maximum Gasteiger partial charge on any atom is 0.345 e. The molecule has 0 saturated heterocycles. The van der Waals surface area contributed by atoms with Crippen LogP contribution >= 0.6 is 11.3 Å². The van der Waals surface area contributed by atoms with Crippen molar-refractivity contribution in [3.63, 3.8) is 0 Å². The normalized spacial score (nSPS) is 10.3. The van der Waals surface area contributed by atoms with Gasteiger partial charge in [0.2, 0.25) is 0 Å². The molecule has 0 radical (unpaired) electrons. The zero-order valence-electron chi connectivity index (χ0n) is 11.8. The number of rotatable bonds is 5. The van der Waals surface area contributed by atoms with Crippen molar-refractivity contribution in [2.45, 2.75) is 13.5 Å². The maximum atomic E-state index is 10.9. The summed E-state index contributed by atoms with van der Waals surface area (Å²) in [7, 11) is 4.00. The second kappa shape index (κ2) is 5.96. The van der Waals surface area contributed by atoms with Gasteiger partial charge in [0, 0.05) is 36.9 Å². The predicted octanol–water partition coefficient (Wildman–Crippen LogP) is 3.43. The van der Waals surface area contributed by atoms with Crippen LogP contribution in [-0.4, -0.2) is 25.2 Å². The molecule has 0 unspecified atom stereocenters. The molecule has 1 aromatic carbocycles. The average Bonchev–Trinajstić information content (AvgIpc) is 2.78. The molecule has 0 atom stereocenters. The van der Waals surface area contributed by atoms with E-state index < -0.39 is 5.97 Å². The molecule has 0 spiro atoms. The highest BCUT2D eigenvalue weighted by atomic mass is 32.1. The minimum Gasteiger partial charge on any atom is -0.477 e. The summed E-state index contributed by atoms with van der Waals surface area (Å²) >= 11 is 1.32. The van der Waals surface area contributed by atoms with E-state index in [0.29, 0.717) is 11.4 Å². The number of aryl methyl sites for hydroxylation is 1. The number of hydrogen-bond acceptors (Lipinski definition) is 4. The van der Waals surface area contributed by atoms with Gasteiger partial charge in [0.1, 0.15) is 4.88 Å². The Morgan fingerprint density at radius 3 is 2.70 bits per heavy atom. The topological polar surface area (TPSA) is 52.6 Å². The molecule has 0 aliphatic carbocycles. The largest absolute Gasteiger partial charge is 0.477 e. The van der Waals surface area contributed by atoms with Gasteiger partial charge >= 0.3 is 5.97 Å². The molecular formula is C15H18N2O2S. The fourth-order valence-corrected chi connectivity index (χ4v) is 2.77. The third-order valence-electron chi connectivity index (χ3n) is 3.08. The third-order valence-corrected chi connectivity index (χ3v) is 4.16. The Labute approximate surface area is 122 Å². The molecule has 1 heterocycles. The molecule has 0 aliphatic heterocycles. The monoisotopic (exact) mass is 290 g/mol. The minimum absolute atomic E-state index is 0.390. The van der Waals surface area contributed by atoms with Gasteiger partial charge in [-0.05, 0) is 36.8 Å². The second-order valence-electron chi connectivity index (χ2n) is 4.80. The first-order valence-corrected chi connectivity index (χ1v) is 7.13. The van der Waals surface area contributed by atoms with Gasteiger partial charge in [-0.15, -0.1) is 11.3 Å². The van der Waals surface area contributed by atoms with Crippen molar-refractivity contribution in [2.75, 3.05) is 24.3 Å². The van der Waals surface area contributed by atoms with Crippen LogP contribution in [-0.2, 0) is 6.54 Å². The van der Waals surface area contributed by atoms with E-state index in [9.17, 15) is 4.79 Å². The van der Waals surface area contributed by atoms with Crippen LogP contribution in [0.3, 0.4) is 0 Å². The number of benzene rings is 1. The van der Waals surface area contributed by atoms with Gasteiger partial charge in [0.15, 0.2) is 0 Å². The highest BCUT2D eigenvalue weighted by molar-refractivity contribution is 7.14. The Bertz CT molecular complexity index is 620. The number of nitrogens with zero attached hydrogens (tertiary/aromatic N) is 1.